The molecule has 2 saturated heterocycles. The first-order valence-corrected chi connectivity index (χ1v) is 16.3. The zero-order chi connectivity index (χ0) is 33.1. The maximum atomic E-state index is 13.6. The minimum absolute atomic E-state index is 0.0308. The SMILES string of the molecule is C=N/C(=N\C=C(/C)c1ccc2nc(CC)c(N(C)c3nc(-c4ccc(F)cc4)c(C#N)s3)n2c1)N1CCN(C(=O)NC2CNC2)CC1. The third kappa shape index (κ3) is 6.58. The largest absolute Gasteiger partial charge is 0.337 e. The summed E-state index contributed by atoms with van der Waals surface area (Å²) in [5, 5.41) is 16.7. The van der Waals surface area contributed by atoms with Gasteiger partial charge in [0, 0.05) is 64.3 Å². The van der Waals surface area contributed by atoms with Crippen LogP contribution in [0, 0.1) is 17.1 Å². The highest BCUT2D eigenvalue weighted by Crippen LogP contribution is 2.37. The van der Waals surface area contributed by atoms with Gasteiger partial charge in [0.15, 0.2) is 5.13 Å². The minimum atomic E-state index is -0.345. The van der Waals surface area contributed by atoms with Gasteiger partial charge in [0.2, 0.25) is 5.96 Å². The highest BCUT2D eigenvalue weighted by atomic mass is 32.1. The molecular weight excluding hydrogens is 618 g/mol. The lowest BCUT2D eigenvalue weighted by Gasteiger charge is -2.37. The lowest BCUT2D eigenvalue weighted by Crippen LogP contribution is -2.61. The number of benzene rings is 1. The fraction of sp³-hybridized carbons (Fsp3) is 0.333. The Hall–Kier alpha value is -5.13. The van der Waals surface area contributed by atoms with Gasteiger partial charge in [-0.15, -0.1) is 0 Å². The number of hydrogen-bond acceptors (Lipinski definition) is 8. The van der Waals surface area contributed by atoms with Crippen LogP contribution in [0.25, 0.3) is 22.5 Å². The first-order chi connectivity index (χ1) is 22.8. The van der Waals surface area contributed by atoms with E-state index in [4.69, 9.17) is 9.97 Å². The van der Waals surface area contributed by atoms with Crippen LogP contribution < -0.4 is 15.5 Å². The molecule has 242 valence electrons. The number of hydrogen-bond donors (Lipinski definition) is 2. The first-order valence-electron chi connectivity index (χ1n) is 15.4. The molecule has 0 radical (unpaired) electrons. The molecule has 2 aliphatic rings. The predicted octanol–water partition coefficient (Wildman–Crippen LogP) is 4.52. The number of carbonyl (C=O) groups excluding carboxylic acids is 1. The molecule has 0 aliphatic carbocycles. The third-order valence-electron chi connectivity index (χ3n) is 8.37. The number of carbonyl (C=O) groups is 1. The number of rotatable bonds is 7. The van der Waals surface area contributed by atoms with Crippen molar-refractivity contribution in [2.24, 2.45) is 9.98 Å². The number of amides is 2. The number of allylic oxidation sites excluding steroid dienone is 1. The van der Waals surface area contributed by atoms with Crippen molar-refractivity contribution in [3.05, 3.63) is 70.7 Å². The van der Waals surface area contributed by atoms with E-state index < -0.39 is 0 Å². The summed E-state index contributed by atoms with van der Waals surface area (Å²) in [5.74, 6) is 1.01. The number of guanidine groups is 1. The van der Waals surface area contributed by atoms with Crippen LogP contribution in [0.5, 0.6) is 0 Å². The number of imidazole rings is 1. The number of thiazole rings is 1. The Morgan fingerprint density at radius 3 is 2.55 bits per heavy atom. The number of nitrogens with zero attached hydrogens (tertiary/aromatic N) is 9. The van der Waals surface area contributed by atoms with Crippen LogP contribution >= 0.6 is 11.3 Å². The van der Waals surface area contributed by atoms with E-state index in [-0.39, 0.29) is 17.9 Å². The van der Waals surface area contributed by atoms with E-state index in [1.807, 2.05) is 58.3 Å². The molecule has 4 aromatic rings. The molecule has 0 spiro atoms. The molecule has 0 saturated carbocycles. The average molecular weight is 654 g/mol. The van der Waals surface area contributed by atoms with Gasteiger partial charge in [0.25, 0.3) is 0 Å². The van der Waals surface area contributed by atoms with Crippen LogP contribution in [0.2, 0.25) is 0 Å². The Morgan fingerprint density at radius 1 is 1.19 bits per heavy atom. The topological polar surface area (TPSA) is 130 Å². The molecule has 12 nitrogen and oxygen atoms in total. The quantitative estimate of drug-likeness (QED) is 0.222. The van der Waals surface area contributed by atoms with Crippen molar-refractivity contribution in [1.82, 2.24) is 34.8 Å². The normalized spacial score (nSPS) is 15.8. The van der Waals surface area contributed by atoms with Crippen molar-refractivity contribution in [1.29, 1.82) is 5.26 Å². The molecule has 14 heteroatoms. The van der Waals surface area contributed by atoms with Gasteiger partial charge < -0.3 is 25.3 Å². The molecule has 0 unspecified atom stereocenters. The lowest BCUT2D eigenvalue weighted by molar-refractivity contribution is 0.162. The molecule has 2 fully saturated rings. The Morgan fingerprint density at radius 2 is 1.91 bits per heavy atom. The van der Waals surface area contributed by atoms with E-state index in [2.05, 4.69) is 33.4 Å². The molecule has 2 aliphatic heterocycles. The summed E-state index contributed by atoms with van der Waals surface area (Å²) in [6, 6.07) is 12.4. The number of nitrogens with one attached hydrogen (secondary N) is 2. The second-order valence-corrected chi connectivity index (χ2v) is 12.4. The van der Waals surface area contributed by atoms with Gasteiger partial charge in [-0.25, -0.2) is 29.1 Å². The lowest BCUT2D eigenvalue weighted by atomic mass is 10.1. The minimum Gasteiger partial charge on any atom is -0.337 e. The number of urea groups is 1. The second-order valence-electron chi connectivity index (χ2n) is 11.4. The van der Waals surface area contributed by atoms with Crippen LogP contribution in [0.1, 0.15) is 30.0 Å². The standard InChI is InChI=1S/C33H36FN11OS/c1-5-26-30(42(4)33-41-29(27(16-35)47-33)22-6-9-24(34)10-7-22)45-20-23(8-11-28(45)40-26)21(2)17-38-31(36-3)43-12-14-44(15-13-43)32(46)39-25-18-37-19-25/h6-11,17,20,25,37H,3,5,12-15,18-19H2,1-2,4H3,(H,39,46)/b21-17+,38-31+. The fourth-order valence-electron chi connectivity index (χ4n) is 5.55. The summed E-state index contributed by atoms with van der Waals surface area (Å²) in [4.78, 5) is 37.3. The van der Waals surface area contributed by atoms with Crippen LogP contribution in [0.3, 0.4) is 0 Å². The van der Waals surface area contributed by atoms with Crippen LogP contribution in [-0.2, 0) is 6.42 Å². The molecule has 6 rings (SSSR count). The highest BCUT2D eigenvalue weighted by molar-refractivity contribution is 7.16. The van der Waals surface area contributed by atoms with Gasteiger partial charge in [0.05, 0.1) is 11.7 Å². The van der Waals surface area contributed by atoms with E-state index in [1.54, 1.807) is 18.3 Å². The summed E-state index contributed by atoms with van der Waals surface area (Å²) in [6.07, 6.45) is 4.49. The summed E-state index contributed by atoms with van der Waals surface area (Å²) in [7, 11) is 1.91. The highest BCUT2D eigenvalue weighted by Gasteiger charge is 2.26. The molecule has 47 heavy (non-hydrogen) atoms. The van der Waals surface area contributed by atoms with Crippen molar-refractivity contribution >= 4 is 52.2 Å². The molecule has 3 aromatic heterocycles. The van der Waals surface area contributed by atoms with Crippen molar-refractivity contribution in [2.75, 3.05) is 51.2 Å². The summed E-state index contributed by atoms with van der Waals surface area (Å²) < 4.78 is 15.6. The van der Waals surface area contributed by atoms with E-state index in [0.717, 1.165) is 41.4 Å². The number of aryl methyl sites for hydroxylation is 1. The van der Waals surface area contributed by atoms with E-state index >= 15 is 0 Å². The number of aliphatic imine (C=N–C) groups is 2. The number of anilines is 2. The maximum Gasteiger partial charge on any atom is 0.317 e. The third-order valence-corrected chi connectivity index (χ3v) is 9.40. The van der Waals surface area contributed by atoms with Gasteiger partial charge in [0.1, 0.15) is 33.9 Å². The monoisotopic (exact) mass is 653 g/mol. The number of halogens is 1. The predicted molar refractivity (Wildman–Crippen MR) is 184 cm³/mol. The van der Waals surface area contributed by atoms with Crippen molar-refractivity contribution in [3.8, 4) is 17.3 Å². The number of piperazine rings is 1. The van der Waals surface area contributed by atoms with E-state index in [1.165, 1.54) is 23.5 Å². The number of pyridine rings is 1. The molecule has 1 aromatic carbocycles. The zero-order valence-electron chi connectivity index (χ0n) is 26.6. The maximum absolute atomic E-state index is 13.6. The summed E-state index contributed by atoms with van der Waals surface area (Å²) in [5.41, 5.74) is 4.72. The number of fused-ring (bicyclic) bond motifs is 1. The number of aromatic nitrogens is 3. The van der Waals surface area contributed by atoms with Crippen molar-refractivity contribution in [3.63, 3.8) is 0 Å². The second kappa shape index (κ2) is 13.7. The molecule has 0 bridgehead atoms. The van der Waals surface area contributed by atoms with Crippen molar-refractivity contribution < 1.29 is 9.18 Å². The van der Waals surface area contributed by atoms with E-state index in [0.29, 0.717) is 59.8 Å². The average Bonchev–Trinajstić information content (AvgIpc) is 3.68. The number of nitriles is 1. The Bertz CT molecular complexity index is 1890. The first kappa shape index (κ1) is 31.8. The summed E-state index contributed by atoms with van der Waals surface area (Å²) >= 11 is 1.28. The van der Waals surface area contributed by atoms with Gasteiger partial charge in [-0.3, -0.25) is 4.40 Å². The fourth-order valence-corrected chi connectivity index (χ4v) is 6.40. The smallest absolute Gasteiger partial charge is 0.317 e. The zero-order valence-corrected chi connectivity index (χ0v) is 27.4. The van der Waals surface area contributed by atoms with Gasteiger partial charge in [-0.1, -0.05) is 18.3 Å². The van der Waals surface area contributed by atoms with Gasteiger partial charge in [-0.2, -0.15) is 5.26 Å². The molecular formula is C33H36FN11OS. The Balaban J connectivity index is 1.23. The Labute approximate surface area is 276 Å². The van der Waals surface area contributed by atoms with Crippen LogP contribution in [0.15, 0.2) is 58.8 Å². The molecule has 2 amide bonds. The van der Waals surface area contributed by atoms with Crippen LogP contribution in [-0.4, -0.2) is 95.2 Å². The van der Waals surface area contributed by atoms with E-state index in [9.17, 15) is 14.4 Å². The van der Waals surface area contributed by atoms with Crippen LogP contribution in [0.4, 0.5) is 20.1 Å². The Kier molecular flexibility index (Phi) is 9.28. The van der Waals surface area contributed by atoms with Crippen molar-refractivity contribution in [2.45, 2.75) is 26.3 Å². The van der Waals surface area contributed by atoms with Gasteiger partial charge in [-0.05, 0) is 67.6 Å². The molecule has 5 heterocycles. The summed E-state index contributed by atoms with van der Waals surface area (Å²) in [6.45, 7) is 11.8. The molecule has 0 atom stereocenters. The van der Waals surface area contributed by atoms with Gasteiger partial charge >= 0.3 is 6.03 Å². The molecule has 2 N–H and O–H groups in total.